The van der Waals surface area contributed by atoms with E-state index in [0.29, 0.717) is 6.54 Å². The molecular weight excluding hydrogens is 203 g/mol. The first kappa shape index (κ1) is 10.6. The standard InChI is InChI=1S/C13H13FN2/c1-10-8-15-7-6-13(10)16-9-11-2-4-12(14)5-3-11/h2-8H,9H2,1H3,(H,15,16). The van der Waals surface area contributed by atoms with E-state index < -0.39 is 0 Å². The SMILES string of the molecule is Cc1cnccc1NCc1ccc(F)cc1. The van der Waals surface area contributed by atoms with E-state index in [1.807, 2.05) is 19.2 Å². The number of hydrogen-bond donors (Lipinski definition) is 1. The number of pyridine rings is 1. The Balaban J connectivity index is 2.02. The lowest BCUT2D eigenvalue weighted by atomic mass is 10.2. The van der Waals surface area contributed by atoms with Gasteiger partial charge in [0.1, 0.15) is 5.82 Å². The molecule has 2 aromatic rings. The van der Waals surface area contributed by atoms with Crippen molar-refractivity contribution >= 4 is 5.69 Å². The number of aromatic nitrogens is 1. The number of aryl methyl sites for hydroxylation is 1. The van der Waals surface area contributed by atoms with Gasteiger partial charge < -0.3 is 5.32 Å². The van der Waals surface area contributed by atoms with Gasteiger partial charge in [-0.25, -0.2) is 4.39 Å². The summed E-state index contributed by atoms with van der Waals surface area (Å²) in [6, 6.07) is 8.42. The molecule has 0 saturated carbocycles. The third-order valence-electron chi connectivity index (χ3n) is 2.42. The summed E-state index contributed by atoms with van der Waals surface area (Å²) in [5.74, 6) is -0.205. The van der Waals surface area contributed by atoms with Crippen molar-refractivity contribution in [2.24, 2.45) is 0 Å². The molecule has 0 bridgehead atoms. The number of nitrogens with one attached hydrogen (secondary N) is 1. The van der Waals surface area contributed by atoms with Crippen LogP contribution in [0.4, 0.5) is 10.1 Å². The van der Waals surface area contributed by atoms with E-state index in [1.165, 1.54) is 12.1 Å². The van der Waals surface area contributed by atoms with Gasteiger partial charge in [-0.15, -0.1) is 0 Å². The fourth-order valence-corrected chi connectivity index (χ4v) is 1.47. The molecule has 0 aliphatic rings. The third-order valence-corrected chi connectivity index (χ3v) is 2.42. The van der Waals surface area contributed by atoms with Gasteiger partial charge in [0.25, 0.3) is 0 Å². The molecule has 1 N–H and O–H groups in total. The van der Waals surface area contributed by atoms with Crippen molar-refractivity contribution < 1.29 is 4.39 Å². The number of rotatable bonds is 3. The normalized spacial score (nSPS) is 10.1. The zero-order chi connectivity index (χ0) is 11.4. The highest BCUT2D eigenvalue weighted by Crippen LogP contribution is 2.13. The lowest BCUT2D eigenvalue weighted by Gasteiger charge is -2.08. The van der Waals surface area contributed by atoms with Crippen LogP contribution in [0.15, 0.2) is 42.7 Å². The highest BCUT2D eigenvalue weighted by Gasteiger charge is 1.97. The quantitative estimate of drug-likeness (QED) is 0.852. The second-order valence-corrected chi connectivity index (χ2v) is 3.67. The summed E-state index contributed by atoms with van der Waals surface area (Å²) >= 11 is 0. The lowest BCUT2D eigenvalue weighted by molar-refractivity contribution is 0.627. The molecule has 1 heterocycles. The average Bonchev–Trinajstić information content (AvgIpc) is 2.30. The predicted octanol–water partition coefficient (Wildman–Crippen LogP) is 3.14. The van der Waals surface area contributed by atoms with Crippen molar-refractivity contribution in [3.63, 3.8) is 0 Å². The number of halogens is 1. The van der Waals surface area contributed by atoms with Gasteiger partial charge in [-0.1, -0.05) is 12.1 Å². The fraction of sp³-hybridized carbons (Fsp3) is 0.154. The molecule has 3 heteroatoms. The Morgan fingerprint density at radius 1 is 1.19 bits per heavy atom. The summed E-state index contributed by atoms with van der Waals surface area (Å²) in [6.07, 6.45) is 3.56. The van der Waals surface area contributed by atoms with E-state index >= 15 is 0 Å². The van der Waals surface area contributed by atoms with Gasteiger partial charge in [0.05, 0.1) is 0 Å². The maximum atomic E-state index is 12.7. The van der Waals surface area contributed by atoms with Crippen LogP contribution in [0, 0.1) is 12.7 Å². The van der Waals surface area contributed by atoms with Gasteiger partial charge in [0, 0.05) is 24.6 Å². The van der Waals surface area contributed by atoms with Crippen molar-refractivity contribution in [1.82, 2.24) is 4.98 Å². The molecule has 1 aromatic heterocycles. The number of nitrogens with zero attached hydrogens (tertiary/aromatic N) is 1. The molecule has 0 saturated heterocycles. The van der Waals surface area contributed by atoms with E-state index in [9.17, 15) is 4.39 Å². The summed E-state index contributed by atoms with van der Waals surface area (Å²) in [5, 5.41) is 3.29. The van der Waals surface area contributed by atoms with Crippen LogP contribution in [0.25, 0.3) is 0 Å². The highest BCUT2D eigenvalue weighted by molar-refractivity contribution is 5.48. The molecule has 2 nitrogen and oxygen atoms in total. The summed E-state index contributed by atoms with van der Waals surface area (Å²) in [7, 11) is 0. The van der Waals surface area contributed by atoms with Crippen molar-refractivity contribution in [2.45, 2.75) is 13.5 Å². The van der Waals surface area contributed by atoms with E-state index in [-0.39, 0.29) is 5.82 Å². The first-order chi connectivity index (χ1) is 7.75. The zero-order valence-electron chi connectivity index (χ0n) is 9.07. The summed E-state index contributed by atoms with van der Waals surface area (Å²) in [6.45, 7) is 2.69. The molecule has 0 aliphatic carbocycles. The van der Waals surface area contributed by atoms with Crippen LogP contribution in [0.5, 0.6) is 0 Å². The second kappa shape index (κ2) is 4.75. The van der Waals surface area contributed by atoms with Crippen LogP contribution in [0.1, 0.15) is 11.1 Å². The van der Waals surface area contributed by atoms with Crippen LogP contribution < -0.4 is 5.32 Å². The van der Waals surface area contributed by atoms with Crippen molar-refractivity contribution in [1.29, 1.82) is 0 Å². The Labute approximate surface area is 94.2 Å². The number of benzene rings is 1. The Kier molecular flexibility index (Phi) is 3.15. The molecule has 2 rings (SSSR count). The zero-order valence-corrected chi connectivity index (χ0v) is 9.07. The van der Waals surface area contributed by atoms with Gasteiger partial charge in [0.15, 0.2) is 0 Å². The largest absolute Gasteiger partial charge is 0.381 e. The Hall–Kier alpha value is -1.90. The minimum atomic E-state index is -0.205. The molecule has 1 aromatic carbocycles. The first-order valence-electron chi connectivity index (χ1n) is 5.14. The van der Waals surface area contributed by atoms with Gasteiger partial charge in [-0.3, -0.25) is 4.98 Å². The van der Waals surface area contributed by atoms with E-state index in [0.717, 1.165) is 16.8 Å². The van der Waals surface area contributed by atoms with Crippen LogP contribution in [0.3, 0.4) is 0 Å². The molecule has 0 fully saturated rings. The Morgan fingerprint density at radius 3 is 2.62 bits per heavy atom. The lowest BCUT2D eigenvalue weighted by Crippen LogP contribution is -2.01. The molecule has 16 heavy (non-hydrogen) atoms. The van der Waals surface area contributed by atoms with Crippen molar-refractivity contribution in [3.8, 4) is 0 Å². The van der Waals surface area contributed by atoms with Gasteiger partial charge in [-0.2, -0.15) is 0 Å². The smallest absolute Gasteiger partial charge is 0.123 e. The van der Waals surface area contributed by atoms with Crippen molar-refractivity contribution in [3.05, 3.63) is 59.7 Å². The minimum Gasteiger partial charge on any atom is -0.381 e. The number of anilines is 1. The average molecular weight is 216 g/mol. The molecule has 0 atom stereocenters. The molecule has 82 valence electrons. The van der Waals surface area contributed by atoms with E-state index in [2.05, 4.69) is 10.3 Å². The van der Waals surface area contributed by atoms with Gasteiger partial charge in [-0.05, 0) is 36.2 Å². The van der Waals surface area contributed by atoms with Gasteiger partial charge >= 0.3 is 0 Å². The minimum absolute atomic E-state index is 0.205. The molecule has 0 radical (unpaired) electrons. The van der Waals surface area contributed by atoms with Gasteiger partial charge in [0.2, 0.25) is 0 Å². The molecule has 0 amide bonds. The Bertz CT molecular complexity index is 466. The van der Waals surface area contributed by atoms with Crippen LogP contribution >= 0.6 is 0 Å². The maximum Gasteiger partial charge on any atom is 0.123 e. The van der Waals surface area contributed by atoms with E-state index in [1.54, 1.807) is 18.3 Å². The molecular formula is C13H13FN2. The first-order valence-corrected chi connectivity index (χ1v) is 5.14. The Morgan fingerprint density at radius 2 is 1.94 bits per heavy atom. The van der Waals surface area contributed by atoms with E-state index in [4.69, 9.17) is 0 Å². The van der Waals surface area contributed by atoms with Crippen LogP contribution in [-0.2, 0) is 6.54 Å². The maximum absolute atomic E-state index is 12.7. The second-order valence-electron chi connectivity index (χ2n) is 3.67. The summed E-state index contributed by atoms with van der Waals surface area (Å²) in [5.41, 5.74) is 3.21. The fourth-order valence-electron chi connectivity index (χ4n) is 1.47. The highest BCUT2D eigenvalue weighted by atomic mass is 19.1. The number of hydrogen-bond acceptors (Lipinski definition) is 2. The van der Waals surface area contributed by atoms with Crippen LogP contribution in [0.2, 0.25) is 0 Å². The molecule has 0 aliphatic heterocycles. The summed E-state index contributed by atoms with van der Waals surface area (Å²) < 4.78 is 12.7. The molecule has 0 unspecified atom stereocenters. The third kappa shape index (κ3) is 2.57. The topological polar surface area (TPSA) is 24.9 Å². The monoisotopic (exact) mass is 216 g/mol. The van der Waals surface area contributed by atoms with Crippen LogP contribution in [-0.4, -0.2) is 4.98 Å². The molecule has 0 spiro atoms. The van der Waals surface area contributed by atoms with Crippen molar-refractivity contribution in [2.75, 3.05) is 5.32 Å². The predicted molar refractivity (Wildman–Crippen MR) is 62.7 cm³/mol. The summed E-state index contributed by atoms with van der Waals surface area (Å²) in [4.78, 5) is 4.02.